The van der Waals surface area contributed by atoms with Crippen molar-refractivity contribution < 1.29 is 18.0 Å². The van der Waals surface area contributed by atoms with Crippen LogP contribution in [-0.2, 0) is 11.0 Å². The Balaban J connectivity index is 2.10. The average molecular weight is 319 g/mol. The van der Waals surface area contributed by atoms with Crippen LogP contribution in [0.5, 0.6) is 0 Å². The van der Waals surface area contributed by atoms with Crippen molar-refractivity contribution in [3.8, 4) is 0 Å². The highest BCUT2D eigenvalue weighted by Gasteiger charge is 2.32. The number of hydrogen-bond donors (Lipinski definition) is 2. The maximum atomic E-state index is 12.9. The lowest BCUT2D eigenvalue weighted by molar-refractivity contribution is -0.137. The highest BCUT2D eigenvalue weighted by Crippen LogP contribution is 2.33. The number of amides is 1. The third kappa shape index (κ3) is 2.90. The van der Waals surface area contributed by atoms with Gasteiger partial charge in [0.2, 0.25) is 5.91 Å². The lowest BCUT2D eigenvalue weighted by Gasteiger charge is -2.16. The molecule has 0 aliphatic rings. The van der Waals surface area contributed by atoms with Crippen LogP contribution in [-0.4, -0.2) is 16.1 Å². The van der Waals surface area contributed by atoms with Gasteiger partial charge in [-0.15, -0.1) is 0 Å². The minimum atomic E-state index is -4.48. The van der Waals surface area contributed by atoms with Crippen molar-refractivity contribution in [3.63, 3.8) is 0 Å². The van der Waals surface area contributed by atoms with E-state index in [1.54, 1.807) is 24.4 Å². The molecule has 0 saturated carbocycles. The number of nitrogens with two attached hydrogens (primary N) is 1. The molecule has 3 N–H and O–H groups in total. The lowest BCUT2D eigenvalue weighted by Crippen LogP contribution is -2.22. The normalized spacial score (nSPS) is 13.2. The first kappa shape index (κ1) is 15.1. The fourth-order valence-corrected chi connectivity index (χ4v) is 2.56. The van der Waals surface area contributed by atoms with E-state index >= 15 is 0 Å². The highest BCUT2D eigenvalue weighted by atomic mass is 19.4. The third-order valence-electron chi connectivity index (χ3n) is 3.63. The van der Waals surface area contributed by atoms with Crippen LogP contribution in [0.3, 0.4) is 0 Å². The van der Waals surface area contributed by atoms with Crippen LogP contribution in [0, 0.1) is 0 Å². The van der Waals surface area contributed by atoms with Crippen LogP contribution in [0.4, 0.5) is 13.2 Å². The monoisotopic (exact) mass is 319 g/mol. The van der Waals surface area contributed by atoms with Gasteiger partial charge in [0, 0.05) is 5.39 Å². The Bertz CT molecular complexity index is 870. The van der Waals surface area contributed by atoms with Gasteiger partial charge < -0.3 is 5.73 Å². The Morgan fingerprint density at radius 1 is 1.13 bits per heavy atom. The Morgan fingerprint density at radius 3 is 2.57 bits per heavy atom. The topological polar surface area (TPSA) is 71.8 Å². The fourth-order valence-electron chi connectivity index (χ4n) is 2.56. The molecule has 0 radical (unpaired) electrons. The summed E-state index contributed by atoms with van der Waals surface area (Å²) >= 11 is 0. The molecule has 3 rings (SSSR count). The van der Waals surface area contributed by atoms with Crippen LogP contribution < -0.4 is 5.73 Å². The highest BCUT2D eigenvalue weighted by molar-refractivity contribution is 5.88. The molecule has 1 unspecified atom stereocenters. The van der Waals surface area contributed by atoms with Gasteiger partial charge in [-0.1, -0.05) is 24.3 Å². The van der Waals surface area contributed by atoms with E-state index in [1.807, 2.05) is 0 Å². The lowest BCUT2D eigenvalue weighted by atomic mass is 9.89. The van der Waals surface area contributed by atoms with Crippen LogP contribution in [0.15, 0.2) is 48.7 Å². The molecular formula is C16H12F3N3O. The number of fused-ring (bicyclic) bond motifs is 1. The Hall–Kier alpha value is -2.83. The molecule has 3 aromatic rings. The molecule has 4 nitrogen and oxygen atoms in total. The number of H-pyrrole nitrogens is 1. The number of carbonyl (C=O) groups excluding carboxylic acids is 1. The molecule has 0 aliphatic carbocycles. The summed E-state index contributed by atoms with van der Waals surface area (Å²) in [6.45, 7) is 0. The summed E-state index contributed by atoms with van der Waals surface area (Å²) in [5.74, 6) is -1.68. The molecular weight excluding hydrogens is 307 g/mol. The van der Waals surface area contributed by atoms with Crippen molar-refractivity contribution in [2.75, 3.05) is 0 Å². The summed E-state index contributed by atoms with van der Waals surface area (Å²) in [5, 5.41) is 7.40. The first-order valence-corrected chi connectivity index (χ1v) is 6.76. The van der Waals surface area contributed by atoms with Crippen molar-refractivity contribution in [1.82, 2.24) is 10.2 Å². The third-order valence-corrected chi connectivity index (χ3v) is 3.63. The SMILES string of the molecule is NC(=O)C(c1cccc(C(F)(F)F)c1)c1ccc2[nH]ncc2c1. The molecule has 0 fully saturated rings. The second-order valence-electron chi connectivity index (χ2n) is 5.18. The summed E-state index contributed by atoms with van der Waals surface area (Å²) < 4.78 is 38.6. The molecule has 7 heteroatoms. The van der Waals surface area contributed by atoms with Gasteiger partial charge >= 0.3 is 6.18 Å². The van der Waals surface area contributed by atoms with E-state index in [0.29, 0.717) is 5.56 Å². The Morgan fingerprint density at radius 2 is 1.87 bits per heavy atom. The van der Waals surface area contributed by atoms with Gasteiger partial charge in [0.05, 0.1) is 23.2 Å². The van der Waals surface area contributed by atoms with Crippen molar-refractivity contribution >= 4 is 16.8 Å². The van der Waals surface area contributed by atoms with E-state index in [-0.39, 0.29) is 5.56 Å². The molecule has 0 bridgehead atoms. The zero-order valence-corrected chi connectivity index (χ0v) is 11.8. The van der Waals surface area contributed by atoms with Crippen LogP contribution in [0.2, 0.25) is 0 Å². The maximum absolute atomic E-state index is 12.9. The number of benzene rings is 2. The number of rotatable bonds is 3. The second kappa shape index (κ2) is 5.42. The molecule has 0 aliphatic heterocycles. The van der Waals surface area contributed by atoms with Gasteiger partial charge in [0.1, 0.15) is 0 Å². The molecule has 1 amide bonds. The number of alkyl halides is 3. The van der Waals surface area contributed by atoms with Crippen molar-refractivity contribution in [1.29, 1.82) is 0 Å². The van der Waals surface area contributed by atoms with E-state index in [4.69, 9.17) is 5.73 Å². The minimum absolute atomic E-state index is 0.204. The molecule has 118 valence electrons. The van der Waals surface area contributed by atoms with E-state index in [2.05, 4.69) is 10.2 Å². The van der Waals surface area contributed by atoms with Crippen LogP contribution in [0.1, 0.15) is 22.6 Å². The number of primary amides is 1. The summed E-state index contributed by atoms with van der Waals surface area (Å²) in [5.41, 5.74) is 6.11. The second-order valence-corrected chi connectivity index (χ2v) is 5.18. The molecule has 2 aromatic carbocycles. The zero-order chi connectivity index (χ0) is 16.6. The number of aromatic amines is 1. The molecule has 1 heterocycles. The van der Waals surface area contributed by atoms with Gasteiger partial charge in [-0.2, -0.15) is 18.3 Å². The predicted molar refractivity (Wildman–Crippen MR) is 78.6 cm³/mol. The van der Waals surface area contributed by atoms with Gasteiger partial charge in [-0.05, 0) is 29.3 Å². The zero-order valence-electron chi connectivity index (χ0n) is 11.8. The van der Waals surface area contributed by atoms with Gasteiger partial charge in [0.25, 0.3) is 0 Å². The average Bonchev–Trinajstić information content (AvgIpc) is 2.94. The van der Waals surface area contributed by atoms with Gasteiger partial charge in [-0.25, -0.2) is 0 Å². The fraction of sp³-hybridized carbons (Fsp3) is 0.125. The van der Waals surface area contributed by atoms with Crippen molar-refractivity contribution in [2.45, 2.75) is 12.1 Å². The number of hydrogen-bond acceptors (Lipinski definition) is 2. The maximum Gasteiger partial charge on any atom is 0.416 e. The van der Waals surface area contributed by atoms with E-state index in [0.717, 1.165) is 23.0 Å². The van der Waals surface area contributed by atoms with E-state index < -0.39 is 23.6 Å². The van der Waals surface area contributed by atoms with E-state index in [1.165, 1.54) is 12.1 Å². The molecule has 1 aromatic heterocycles. The molecule has 23 heavy (non-hydrogen) atoms. The number of carbonyl (C=O) groups is 1. The summed E-state index contributed by atoms with van der Waals surface area (Å²) in [6, 6.07) is 9.69. The first-order chi connectivity index (χ1) is 10.9. The standard InChI is InChI=1S/C16H12F3N3O/c17-16(18,19)12-3-1-2-9(7-12)14(15(20)23)10-4-5-13-11(6-10)8-21-22-13/h1-8,14H,(H2,20,23)(H,21,22). The Labute approximate surface area is 129 Å². The van der Waals surface area contributed by atoms with Gasteiger partial charge in [0.15, 0.2) is 0 Å². The van der Waals surface area contributed by atoms with Crippen molar-refractivity contribution in [3.05, 3.63) is 65.4 Å². The summed E-state index contributed by atoms with van der Waals surface area (Å²) in [7, 11) is 0. The molecule has 0 spiro atoms. The van der Waals surface area contributed by atoms with Crippen molar-refractivity contribution in [2.24, 2.45) is 5.73 Å². The largest absolute Gasteiger partial charge is 0.416 e. The summed E-state index contributed by atoms with van der Waals surface area (Å²) in [6.07, 6.45) is -2.91. The smallest absolute Gasteiger partial charge is 0.369 e. The quantitative estimate of drug-likeness (QED) is 0.778. The minimum Gasteiger partial charge on any atom is -0.369 e. The Kier molecular flexibility index (Phi) is 3.55. The molecule has 1 atom stereocenters. The van der Waals surface area contributed by atoms with E-state index in [9.17, 15) is 18.0 Å². The van der Waals surface area contributed by atoms with Gasteiger partial charge in [-0.3, -0.25) is 9.89 Å². The number of nitrogens with one attached hydrogen (secondary N) is 1. The number of nitrogens with zero attached hydrogens (tertiary/aromatic N) is 1. The van der Waals surface area contributed by atoms with Crippen LogP contribution >= 0.6 is 0 Å². The number of halogens is 3. The number of aromatic nitrogens is 2. The van der Waals surface area contributed by atoms with Crippen LogP contribution in [0.25, 0.3) is 10.9 Å². The summed E-state index contributed by atoms with van der Waals surface area (Å²) in [4.78, 5) is 11.9. The predicted octanol–water partition coefficient (Wildman–Crippen LogP) is 3.20. The molecule has 0 saturated heterocycles. The first-order valence-electron chi connectivity index (χ1n) is 6.76.